The van der Waals surface area contributed by atoms with Crippen LogP contribution in [-0.4, -0.2) is 19.7 Å². The molecule has 2 rings (SSSR count). The standard InChI is InChI=1S/C10H8NO2S2/c1-15(12,13)9-4-2-8(3-5-9)10-6-14-7-11-10/h2-6H,1H3. The third-order valence-corrected chi connectivity index (χ3v) is 3.63. The molecular weight excluding hydrogens is 230 g/mol. The molecule has 1 heterocycles. The Bertz CT molecular complexity index is 542. The predicted octanol–water partition coefficient (Wildman–Crippen LogP) is 2.01. The summed E-state index contributed by atoms with van der Waals surface area (Å²) >= 11 is 1.39. The quantitative estimate of drug-likeness (QED) is 0.804. The lowest BCUT2D eigenvalue weighted by molar-refractivity contribution is 0.602. The van der Waals surface area contributed by atoms with Gasteiger partial charge in [0.1, 0.15) is 0 Å². The van der Waals surface area contributed by atoms with E-state index in [2.05, 4.69) is 10.5 Å². The molecule has 1 radical (unpaired) electrons. The summed E-state index contributed by atoms with van der Waals surface area (Å²) in [7, 11) is -3.11. The van der Waals surface area contributed by atoms with Gasteiger partial charge in [-0.25, -0.2) is 13.4 Å². The van der Waals surface area contributed by atoms with Crippen LogP contribution in [0.3, 0.4) is 0 Å². The molecule has 1 aromatic carbocycles. The average Bonchev–Trinajstić information content (AvgIpc) is 2.69. The molecular formula is C10H8NO2S2. The summed E-state index contributed by atoms with van der Waals surface area (Å²) < 4.78 is 22.4. The molecule has 1 aromatic heterocycles. The number of benzene rings is 1. The second kappa shape index (κ2) is 3.75. The van der Waals surface area contributed by atoms with Gasteiger partial charge < -0.3 is 0 Å². The van der Waals surface area contributed by atoms with E-state index in [9.17, 15) is 8.42 Å². The van der Waals surface area contributed by atoms with Crippen molar-refractivity contribution in [1.82, 2.24) is 4.98 Å². The van der Waals surface area contributed by atoms with Crippen LogP contribution in [-0.2, 0) is 9.84 Å². The van der Waals surface area contributed by atoms with E-state index in [1.165, 1.54) is 17.6 Å². The number of aromatic nitrogens is 1. The monoisotopic (exact) mass is 238 g/mol. The molecule has 0 aliphatic rings. The summed E-state index contributed by atoms with van der Waals surface area (Å²) in [5.41, 5.74) is 4.47. The minimum atomic E-state index is -3.11. The fraction of sp³-hybridized carbons (Fsp3) is 0.100. The first-order chi connectivity index (χ1) is 7.07. The van der Waals surface area contributed by atoms with E-state index in [0.717, 1.165) is 11.3 Å². The van der Waals surface area contributed by atoms with E-state index >= 15 is 0 Å². The molecule has 0 bridgehead atoms. The zero-order valence-corrected chi connectivity index (χ0v) is 9.60. The van der Waals surface area contributed by atoms with Gasteiger partial charge in [-0.15, -0.1) is 11.3 Å². The third kappa shape index (κ3) is 2.24. The fourth-order valence-electron chi connectivity index (χ4n) is 1.19. The molecule has 0 saturated heterocycles. The number of rotatable bonds is 2. The second-order valence-corrected chi connectivity index (χ2v) is 5.79. The zero-order valence-electron chi connectivity index (χ0n) is 7.97. The SMILES string of the molecule is CS(=O)(=O)c1ccc(-c2cs[c]n2)cc1. The Labute approximate surface area is 92.3 Å². The largest absolute Gasteiger partial charge is 0.233 e. The highest BCUT2D eigenvalue weighted by atomic mass is 32.2. The Morgan fingerprint density at radius 2 is 1.93 bits per heavy atom. The maximum Gasteiger partial charge on any atom is 0.175 e. The first kappa shape index (κ1) is 10.3. The molecule has 77 valence electrons. The number of hydrogen-bond donors (Lipinski definition) is 0. The van der Waals surface area contributed by atoms with Gasteiger partial charge in [0.2, 0.25) is 0 Å². The van der Waals surface area contributed by atoms with Gasteiger partial charge in [-0.3, -0.25) is 0 Å². The van der Waals surface area contributed by atoms with E-state index in [1.807, 2.05) is 5.38 Å². The molecule has 2 aromatic rings. The van der Waals surface area contributed by atoms with Crippen molar-refractivity contribution < 1.29 is 8.42 Å². The molecule has 0 aliphatic carbocycles. The van der Waals surface area contributed by atoms with Crippen molar-refractivity contribution in [2.45, 2.75) is 4.90 Å². The van der Waals surface area contributed by atoms with Crippen LogP contribution in [0, 0.1) is 5.51 Å². The van der Waals surface area contributed by atoms with Gasteiger partial charge in [-0.05, 0) is 12.1 Å². The van der Waals surface area contributed by atoms with Crippen LogP contribution in [0.4, 0.5) is 0 Å². The van der Waals surface area contributed by atoms with Crippen molar-refractivity contribution in [2.24, 2.45) is 0 Å². The second-order valence-electron chi connectivity index (χ2n) is 3.12. The Hall–Kier alpha value is -1.20. The minimum absolute atomic E-state index is 0.324. The minimum Gasteiger partial charge on any atom is -0.233 e. The van der Waals surface area contributed by atoms with Crippen LogP contribution in [0.2, 0.25) is 0 Å². The van der Waals surface area contributed by atoms with Gasteiger partial charge in [-0.2, -0.15) is 0 Å². The molecule has 15 heavy (non-hydrogen) atoms. The highest BCUT2D eigenvalue weighted by Gasteiger charge is 2.07. The molecule has 0 saturated carbocycles. The van der Waals surface area contributed by atoms with Gasteiger partial charge in [0, 0.05) is 17.2 Å². The van der Waals surface area contributed by atoms with Crippen LogP contribution in [0.25, 0.3) is 11.3 Å². The number of sulfone groups is 1. The van der Waals surface area contributed by atoms with Gasteiger partial charge >= 0.3 is 0 Å². The van der Waals surface area contributed by atoms with Crippen LogP contribution in [0.15, 0.2) is 34.5 Å². The van der Waals surface area contributed by atoms with E-state index in [-0.39, 0.29) is 0 Å². The summed E-state index contributed by atoms with van der Waals surface area (Å²) in [4.78, 5) is 4.35. The van der Waals surface area contributed by atoms with Crippen molar-refractivity contribution in [2.75, 3.05) is 6.26 Å². The van der Waals surface area contributed by atoms with Gasteiger partial charge in [-0.1, -0.05) is 12.1 Å². The van der Waals surface area contributed by atoms with Gasteiger partial charge in [0.05, 0.1) is 10.6 Å². The van der Waals surface area contributed by atoms with Crippen molar-refractivity contribution >= 4 is 21.2 Å². The molecule has 0 fully saturated rings. The van der Waals surface area contributed by atoms with Crippen LogP contribution in [0.1, 0.15) is 0 Å². The lowest BCUT2D eigenvalue weighted by Crippen LogP contribution is -1.96. The van der Waals surface area contributed by atoms with Crippen LogP contribution < -0.4 is 0 Å². The molecule has 0 aliphatic heterocycles. The molecule has 0 amide bonds. The molecule has 3 nitrogen and oxygen atoms in total. The van der Waals surface area contributed by atoms with Crippen LogP contribution in [0.5, 0.6) is 0 Å². The predicted molar refractivity (Wildman–Crippen MR) is 59.5 cm³/mol. The first-order valence-corrected chi connectivity index (χ1v) is 6.96. The summed E-state index contributed by atoms with van der Waals surface area (Å²) in [6, 6.07) is 6.67. The summed E-state index contributed by atoms with van der Waals surface area (Å²) in [6.07, 6.45) is 1.19. The number of hydrogen-bond acceptors (Lipinski definition) is 4. The van der Waals surface area contributed by atoms with Crippen molar-refractivity contribution in [3.8, 4) is 11.3 Å². The third-order valence-electron chi connectivity index (χ3n) is 1.97. The maximum atomic E-state index is 11.2. The maximum absolute atomic E-state index is 11.2. The average molecular weight is 238 g/mol. The zero-order chi connectivity index (χ0) is 10.9. The normalized spacial score (nSPS) is 11.5. The van der Waals surface area contributed by atoms with Crippen molar-refractivity contribution in [3.05, 3.63) is 35.2 Å². The number of thiazole rings is 1. The summed E-state index contributed by atoms with van der Waals surface area (Å²) in [5.74, 6) is 0. The molecule has 0 unspecified atom stereocenters. The molecule has 0 spiro atoms. The Morgan fingerprint density at radius 3 is 2.40 bits per heavy atom. The number of nitrogens with zero attached hydrogens (tertiary/aromatic N) is 1. The van der Waals surface area contributed by atoms with E-state index in [0.29, 0.717) is 4.90 Å². The smallest absolute Gasteiger partial charge is 0.175 e. The Kier molecular flexibility index (Phi) is 2.58. The summed E-state index contributed by atoms with van der Waals surface area (Å²) in [6.45, 7) is 0. The highest BCUT2D eigenvalue weighted by Crippen LogP contribution is 2.20. The molecule has 0 atom stereocenters. The highest BCUT2D eigenvalue weighted by molar-refractivity contribution is 7.90. The van der Waals surface area contributed by atoms with E-state index < -0.39 is 9.84 Å². The topological polar surface area (TPSA) is 47.0 Å². The molecule has 0 N–H and O–H groups in total. The lowest BCUT2D eigenvalue weighted by atomic mass is 10.2. The molecule has 5 heteroatoms. The van der Waals surface area contributed by atoms with Crippen molar-refractivity contribution in [1.29, 1.82) is 0 Å². The fourth-order valence-corrected chi connectivity index (χ4v) is 2.32. The van der Waals surface area contributed by atoms with E-state index in [4.69, 9.17) is 0 Å². The summed E-state index contributed by atoms with van der Waals surface area (Å²) in [5, 5.41) is 1.87. The Balaban J connectivity index is 2.42. The Morgan fingerprint density at radius 1 is 1.27 bits per heavy atom. The lowest BCUT2D eigenvalue weighted by Gasteiger charge is -1.99. The van der Waals surface area contributed by atoms with Crippen molar-refractivity contribution in [3.63, 3.8) is 0 Å². The van der Waals surface area contributed by atoms with E-state index in [1.54, 1.807) is 24.3 Å². The first-order valence-electron chi connectivity index (χ1n) is 4.19. The van der Waals surface area contributed by atoms with Gasteiger partial charge in [0.25, 0.3) is 0 Å². The van der Waals surface area contributed by atoms with Crippen LogP contribution >= 0.6 is 11.3 Å². The van der Waals surface area contributed by atoms with Gasteiger partial charge in [0.15, 0.2) is 15.3 Å².